The van der Waals surface area contributed by atoms with Gasteiger partial charge in [-0.2, -0.15) is 0 Å². The summed E-state index contributed by atoms with van der Waals surface area (Å²) < 4.78 is 6.56. The van der Waals surface area contributed by atoms with Gasteiger partial charge in [-0.1, -0.05) is 0 Å². The molecule has 0 N–H and O–H groups in total. The van der Waals surface area contributed by atoms with Crippen LogP contribution in [-0.4, -0.2) is 21.1 Å². The van der Waals surface area contributed by atoms with E-state index in [9.17, 15) is 0 Å². The molecule has 4 heteroatoms. The molecule has 3 aromatic rings. The zero-order valence-corrected chi connectivity index (χ0v) is 23.3. The van der Waals surface area contributed by atoms with Crippen LogP contribution in [0.25, 0.3) is 0 Å². The number of hydrogen-bond acceptors (Lipinski definition) is 1. The van der Waals surface area contributed by atoms with Crippen LogP contribution in [0.5, 0.6) is 0 Å². The molecule has 3 aromatic carbocycles. The molecule has 0 spiro atoms. The molecule has 0 radical (unpaired) electrons. The van der Waals surface area contributed by atoms with E-state index in [0.29, 0.717) is 0 Å². The molecule has 1 nitrogen and oxygen atoms in total. The van der Waals surface area contributed by atoms with Gasteiger partial charge in [0.25, 0.3) is 0 Å². The maximum absolute atomic E-state index is 6.56. The first-order valence-electron chi connectivity index (χ1n) is 11.1. The fraction of sp³-hybridized carbons (Fsp3) is 0.333. The molecule has 0 aliphatic heterocycles. The van der Waals surface area contributed by atoms with Gasteiger partial charge in [0, 0.05) is 0 Å². The molecule has 0 atom stereocenters. The average molecular weight is 518 g/mol. The van der Waals surface area contributed by atoms with E-state index in [1.54, 1.807) is 0 Å². The van der Waals surface area contributed by atoms with E-state index in [1.807, 2.05) is 0 Å². The van der Waals surface area contributed by atoms with E-state index in [-0.39, 0.29) is 22.0 Å². The first-order chi connectivity index (χ1) is 14.3. The third-order valence-electron chi connectivity index (χ3n) is 6.76. The molecule has 0 fully saturated rings. The van der Waals surface area contributed by atoms with Crippen molar-refractivity contribution in [3.8, 4) is 0 Å². The standard InChI is InChI=1S/C27H37OPSi.BrH/c1-27(2,3)30(4,5)28-22-15-23-29(24-16-9-6-10-17-24,25-18-11-7-12-19-25)26-20-13-8-14-21-26;/h6-14,16-21,29H,15,22-23H2,1-5H3;1H. The Bertz CT molecular complexity index is 812. The zero-order valence-electron chi connectivity index (χ0n) is 19.6. The molecule has 0 aromatic heterocycles. The van der Waals surface area contributed by atoms with Gasteiger partial charge in [-0.25, -0.2) is 0 Å². The normalized spacial score (nSPS) is 12.8. The number of halogens is 1. The second-order valence-corrected chi connectivity index (χ2v) is 18.6. The maximum atomic E-state index is 6.56. The van der Waals surface area contributed by atoms with Crippen molar-refractivity contribution in [1.82, 2.24) is 0 Å². The first-order valence-corrected chi connectivity index (χ1v) is 16.2. The van der Waals surface area contributed by atoms with Crippen molar-refractivity contribution >= 4 is 48.5 Å². The SMILES string of the molecule is Br.CC(C)(C)[Si](C)(C)OCCC[PH](c1ccccc1)(c1ccccc1)c1ccccc1. The van der Waals surface area contributed by atoms with E-state index in [1.165, 1.54) is 15.9 Å². The van der Waals surface area contributed by atoms with Gasteiger partial charge in [0.05, 0.1) is 0 Å². The average Bonchev–Trinajstić information content (AvgIpc) is 2.75. The van der Waals surface area contributed by atoms with E-state index < -0.39 is 15.6 Å². The van der Waals surface area contributed by atoms with Crippen molar-refractivity contribution in [2.45, 2.75) is 45.3 Å². The summed E-state index contributed by atoms with van der Waals surface area (Å²) in [4.78, 5) is 0. The van der Waals surface area contributed by atoms with Crippen molar-refractivity contribution in [2.24, 2.45) is 0 Å². The Hall–Kier alpha value is -1.25. The zero-order chi connectivity index (χ0) is 21.7. The molecule has 3 rings (SSSR count). The predicted octanol–water partition coefficient (Wildman–Crippen LogP) is 6.70. The van der Waals surface area contributed by atoms with Crippen molar-refractivity contribution in [3.63, 3.8) is 0 Å². The summed E-state index contributed by atoms with van der Waals surface area (Å²) in [7, 11) is -3.85. The minimum atomic E-state index is -2.13. The third kappa shape index (κ3) is 5.96. The van der Waals surface area contributed by atoms with E-state index in [2.05, 4.69) is 125 Å². The van der Waals surface area contributed by atoms with Crippen molar-refractivity contribution in [2.75, 3.05) is 12.8 Å². The van der Waals surface area contributed by atoms with Gasteiger partial charge in [-0.3, -0.25) is 0 Å². The van der Waals surface area contributed by atoms with Gasteiger partial charge in [0.15, 0.2) is 0 Å². The summed E-state index contributed by atoms with van der Waals surface area (Å²) in [5.41, 5.74) is 0. The topological polar surface area (TPSA) is 9.23 Å². The summed E-state index contributed by atoms with van der Waals surface area (Å²) in [5.74, 6) is 0. The Morgan fingerprint density at radius 2 is 1.03 bits per heavy atom. The second kappa shape index (κ2) is 11.1. The molecule has 0 unspecified atom stereocenters. The molecule has 0 saturated heterocycles. The van der Waals surface area contributed by atoms with Crippen LogP contribution in [0.4, 0.5) is 0 Å². The molecule has 31 heavy (non-hydrogen) atoms. The predicted molar refractivity (Wildman–Crippen MR) is 149 cm³/mol. The van der Waals surface area contributed by atoms with Gasteiger partial charge in [-0.15, -0.1) is 17.0 Å². The van der Waals surface area contributed by atoms with E-state index in [4.69, 9.17) is 4.43 Å². The first kappa shape index (κ1) is 26.0. The summed E-state index contributed by atoms with van der Waals surface area (Å²) in [6.45, 7) is 12.5. The third-order valence-corrected chi connectivity index (χ3v) is 16.4. The molecule has 0 aliphatic rings. The quantitative estimate of drug-likeness (QED) is 0.184. The van der Waals surface area contributed by atoms with Crippen molar-refractivity contribution in [3.05, 3.63) is 91.0 Å². The molecule has 168 valence electrons. The van der Waals surface area contributed by atoms with Gasteiger partial charge < -0.3 is 0 Å². The van der Waals surface area contributed by atoms with Crippen LogP contribution in [0.1, 0.15) is 27.2 Å². The fourth-order valence-corrected chi connectivity index (χ4v) is 9.89. The van der Waals surface area contributed by atoms with E-state index in [0.717, 1.165) is 19.2 Å². The fourth-order valence-electron chi connectivity index (χ4n) is 3.98. The van der Waals surface area contributed by atoms with E-state index >= 15 is 0 Å². The van der Waals surface area contributed by atoms with Gasteiger partial charge in [0.1, 0.15) is 0 Å². The summed E-state index contributed by atoms with van der Waals surface area (Å²) >= 11 is 0. The summed E-state index contributed by atoms with van der Waals surface area (Å²) in [6.07, 6.45) is 2.23. The molecular formula is C27H38BrOPSi. The molecule has 0 saturated carbocycles. The van der Waals surface area contributed by atoms with Crippen LogP contribution in [0, 0.1) is 0 Å². The monoisotopic (exact) mass is 516 g/mol. The molecule has 0 aliphatic carbocycles. The Kier molecular flexibility index (Phi) is 9.27. The summed E-state index contributed by atoms with van der Waals surface area (Å²) in [6, 6.07) is 33.5. The number of hydrogen-bond donors (Lipinski definition) is 0. The molecule has 0 bridgehead atoms. The molecular weight excluding hydrogens is 479 g/mol. The molecule has 0 heterocycles. The second-order valence-electron chi connectivity index (χ2n) is 9.72. The van der Waals surface area contributed by atoms with Crippen molar-refractivity contribution in [1.29, 1.82) is 0 Å². The minimum absolute atomic E-state index is 0. The van der Waals surface area contributed by atoms with Crippen LogP contribution in [-0.2, 0) is 4.43 Å². The Labute approximate surface area is 201 Å². The Morgan fingerprint density at radius 1 is 0.677 bits per heavy atom. The number of benzene rings is 3. The van der Waals surface area contributed by atoms with Crippen molar-refractivity contribution < 1.29 is 4.43 Å². The van der Waals surface area contributed by atoms with Crippen LogP contribution < -0.4 is 15.9 Å². The van der Waals surface area contributed by atoms with Crippen LogP contribution in [0.3, 0.4) is 0 Å². The van der Waals surface area contributed by atoms with Crippen LogP contribution in [0.15, 0.2) is 91.0 Å². The Morgan fingerprint density at radius 3 is 1.35 bits per heavy atom. The number of rotatable bonds is 8. The Balaban J connectivity index is 0.00000341. The van der Waals surface area contributed by atoms with Crippen LogP contribution in [0.2, 0.25) is 18.1 Å². The van der Waals surface area contributed by atoms with Gasteiger partial charge >= 0.3 is 185 Å². The van der Waals surface area contributed by atoms with Gasteiger partial charge in [-0.05, 0) is 0 Å². The van der Waals surface area contributed by atoms with Crippen LogP contribution >= 0.6 is 24.2 Å². The summed E-state index contributed by atoms with van der Waals surface area (Å²) in [5, 5.41) is 4.69. The molecule has 0 amide bonds. The van der Waals surface area contributed by atoms with Gasteiger partial charge in [0.2, 0.25) is 0 Å².